The molecule has 0 saturated heterocycles. The monoisotopic (exact) mass is 346 g/mol. The first-order chi connectivity index (χ1) is 12.0. The summed E-state index contributed by atoms with van der Waals surface area (Å²) in [6, 6.07) is 12.3. The highest BCUT2D eigenvalue weighted by molar-refractivity contribution is 5.99. The zero-order chi connectivity index (χ0) is 18.2. The van der Waals surface area contributed by atoms with E-state index in [-0.39, 0.29) is 24.4 Å². The maximum Gasteiger partial charge on any atom is 0.341 e. The number of aliphatic hydroxyl groups excluding tert-OH is 1. The smallest absolute Gasteiger partial charge is 0.341 e. The zero-order valence-electron chi connectivity index (χ0n) is 13.7. The Labute approximate surface area is 144 Å². The van der Waals surface area contributed by atoms with Gasteiger partial charge in [0.2, 0.25) is 0 Å². The molecule has 7 heteroatoms. The molecule has 0 aliphatic carbocycles. The van der Waals surface area contributed by atoms with Gasteiger partial charge in [-0.3, -0.25) is 4.79 Å². The van der Waals surface area contributed by atoms with Gasteiger partial charge < -0.3 is 20.5 Å². The van der Waals surface area contributed by atoms with Gasteiger partial charge in [0.25, 0.3) is 5.91 Å². The number of amides is 1. The van der Waals surface area contributed by atoms with Crippen LogP contribution in [0.1, 0.15) is 17.3 Å². The van der Waals surface area contributed by atoms with Crippen LogP contribution in [0.4, 0.5) is 15.8 Å². The number of para-hydroxylation sites is 2. The number of hydrogen-bond donors (Lipinski definition) is 3. The highest BCUT2D eigenvalue weighted by Gasteiger charge is 2.21. The van der Waals surface area contributed by atoms with Gasteiger partial charge in [-0.15, -0.1) is 0 Å². The summed E-state index contributed by atoms with van der Waals surface area (Å²) in [7, 11) is 0. The molecular weight excluding hydrogens is 327 g/mol. The molecule has 1 atom stereocenters. The lowest BCUT2D eigenvalue weighted by Crippen LogP contribution is -2.30. The van der Waals surface area contributed by atoms with Crippen LogP contribution in [-0.4, -0.2) is 36.2 Å². The largest absolute Gasteiger partial charge is 0.449 e. The lowest BCUT2D eigenvalue weighted by atomic mass is 10.1. The number of nitrogens with one attached hydrogen (secondary N) is 2. The summed E-state index contributed by atoms with van der Waals surface area (Å²) in [6.45, 7) is 1.58. The molecule has 0 unspecified atom stereocenters. The van der Waals surface area contributed by atoms with Crippen molar-refractivity contribution in [2.24, 2.45) is 0 Å². The molecule has 3 N–H and O–H groups in total. The standard InChI is InChI=1S/C18H19FN2O4/c1-12(17(23)21-16-9-5-3-7-14(16)19)25-18(24)13-6-2-4-8-15(13)20-10-11-22/h2-9,12,20,22H,10-11H2,1H3,(H,21,23)/t12-/m1/s1. The van der Waals surface area contributed by atoms with Crippen molar-refractivity contribution in [1.29, 1.82) is 0 Å². The average molecular weight is 346 g/mol. The third-order valence-corrected chi connectivity index (χ3v) is 3.36. The van der Waals surface area contributed by atoms with Crippen molar-refractivity contribution in [2.75, 3.05) is 23.8 Å². The molecule has 2 rings (SSSR count). The van der Waals surface area contributed by atoms with E-state index in [9.17, 15) is 14.0 Å². The third kappa shape index (κ3) is 5.02. The van der Waals surface area contributed by atoms with Gasteiger partial charge in [-0.2, -0.15) is 0 Å². The molecule has 0 aromatic heterocycles. The fourth-order valence-electron chi connectivity index (χ4n) is 2.08. The SMILES string of the molecule is C[C@@H](OC(=O)c1ccccc1NCCO)C(=O)Nc1ccccc1F. The van der Waals surface area contributed by atoms with Gasteiger partial charge in [0.05, 0.1) is 17.9 Å². The molecule has 0 spiro atoms. The summed E-state index contributed by atoms with van der Waals surface area (Å²) in [6.07, 6.45) is -1.11. The Kier molecular flexibility index (Phi) is 6.47. The van der Waals surface area contributed by atoms with E-state index in [0.717, 1.165) is 0 Å². The van der Waals surface area contributed by atoms with Gasteiger partial charge in [-0.25, -0.2) is 9.18 Å². The number of anilines is 2. The van der Waals surface area contributed by atoms with Crippen LogP contribution in [0.2, 0.25) is 0 Å². The average Bonchev–Trinajstić information content (AvgIpc) is 2.62. The van der Waals surface area contributed by atoms with Crippen molar-refractivity contribution in [2.45, 2.75) is 13.0 Å². The molecule has 0 aliphatic heterocycles. The third-order valence-electron chi connectivity index (χ3n) is 3.36. The lowest BCUT2D eigenvalue weighted by molar-refractivity contribution is -0.123. The number of ether oxygens (including phenoxy) is 1. The first kappa shape index (κ1) is 18.4. The van der Waals surface area contributed by atoms with Crippen LogP contribution in [0.15, 0.2) is 48.5 Å². The van der Waals surface area contributed by atoms with Crippen LogP contribution in [0, 0.1) is 5.82 Å². The van der Waals surface area contributed by atoms with Crippen LogP contribution in [-0.2, 0) is 9.53 Å². The minimum absolute atomic E-state index is 0.0143. The molecule has 0 aliphatic rings. The molecule has 0 radical (unpaired) electrons. The first-order valence-electron chi connectivity index (χ1n) is 7.73. The predicted octanol–water partition coefficient (Wildman–Crippen LogP) is 2.41. The van der Waals surface area contributed by atoms with Crippen LogP contribution < -0.4 is 10.6 Å². The quantitative estimate of drug-likeness (QED) is 0.670. The number of esters is 1. The Morgan fingerprint density at radius 1 is 1.12 bits per heavy atom. The Balaban J connectivity index is 2.02. The number of rotatable bonds is 7. The predicted molar refractivity (Wildman–Crippen MR) is 91.9 cm³/mol. The normalized spacial score (nSPS) is 11.5. The van der Waals surface area contributed by atoms with Gasteiger partial charge in [0.1, 0.15) is 5.82 Å². The second-order valence-electron chi connectivity index (χ2n) is 5.21. The van der Waals surface area contributed by atoms with E-state index in [4.69, 9.17) is 9.84 Å². The summed E-state index contributed by atoms with van der Waals surface area (Å²) < 4.78 is 18.7. The Bertz CT molecular complexity index is 751. The summed E-state index contributed by atoms with van der Waals surface area (Å²) in [4.78, 5) is 24.4. The number of halogens is 1. The fourth-order valence-corrected chi connectivity index (χ4v) is 2.08. The maximum absolute atomic E-state index is 13.6. The number of hydrogen-bond acceptors (Lipinski definition) is 5. The molecule has 0 fully saturated rings. The van der Waals surface area contributed by atoms with Crippen molar-refractivity contribution < 1.29 is 23.8 Å². The number of benzene rings is 2. The maximum atomic E-state index is 13.6. The number of carbonyl (C=O) groups is 2. The number of aliphatic hydroxyl groups is 1. The van der Waals surface area contributed by atoms with Crippen molar-refractivity contribution in [3.05, 3.63) is 59.9 Å². The molecule has 6 nitrogen and oxygen atoms in total. The van der Waals surface area contributed by atoms with Crippen LogP contribution in [0.3, 0.4) is 0 Å². The lowest BCUT2D eigenvalue weighted by Gasteiger charge is -2.15. The topological polar surface area (TPSA) is 87.7 Å². The zero-order valence-corrected chi connectivity index (χ0v) is 13.7. The first-order valence-corrected chi connectivity index (χ1v) is 7.73. The minimum Gasteiger partial charge on any atom is -0.449 e. The molecule has 1 amide bonds. The molecule has 0 heterocycles. The van der Waals surface area contributed by atoms with Gasteiger partial charge in [0.15, 0.2) is 6.10 Å². The van der Waals surface area contributed by atoms with E-state index in [1.165, 1.54) is 25.1 Å². The Morgan fingerprint density at radius 2 is 1.76 bits per heavy atom. The van der Waals surface area contributed by atoms with Crippen LogP contribution in [0.25, 0.3) is 0 Å². The van der Waals surface area contributed by atoms with Crippen molar-refractivity contribution in [3.63, 3.8) is 0 Å². The van der Waals surface area contributed by atoms with E-state index < -0.39 is 23.8 Å². The van der Waals surface area contributed by atoms with Crippen molar-refractivity contribution in [1.82, 2.24) is 0 Å². The van der Waals surface area contributed by atoms with Crippen molar-refractivity contribution in [3.8, 4) is 0 Å². The van der Waals surface area contributed by atoms with E-state index in [2.05, 4.69) is 10.6 Å². The molecular formula is C18H19FN2O4. The molecule has 2 aromatic carbocycles. The minimum atomic E-state index is -1.11. The summed E-state index contributed by atoms with van der Waals surface area (Å²) in [5.41, 5.74) is 0.741. The summed E-state index contributed by atoms with van der Waals surface area (Å²) >= 11 is 0. The molecule has 132 valence electrons. The van der Waals surface area contributed by atoms with E-state index >= 15 is 0 Å². The Hall–Kier alpha value is -2.93. The summed E-state index contributed by atoms with van der Waals surface area (Å²) in [5.74, 6) is -1.91. The second-order valence-corrected chi connectivity index (χ2v) is 5.21. The summed E-state index contributed by atoms with van der Waals surface area (Å²) in [5, 5.41) is 14.1. The van der Waals surface area contributed by atoms with E-state index in [1.807, 2.05) is 0 Å². The van der Waals surface area contributed by atoms with Gasteiger partial charge >= 0.3 is 5.97 Å². The fraction of sp³-hybridized carbons (Fsp3) is 0.222. The van der Waals surface area contributed by atoms with Crippen LogP contribution in [0.5, 0.6) is 0 Å². The highest BCUT2D eigenvalue weighted by Crippen LogP contribution is 2.18. The highest BCUT2D eigenvalue weighted by atomic mass is 19.1. The molecule has 25 heavy (non-hydrogen) atoms. The van der Waals surface area contributed by atoms with Crippen LogP contribution >= 0.6 is 0 Å². The second kappa shape index (κ2) is 8.79. The van der Waals surface area contributed by atoms with E-state index in [1.54, 1.807) is 30.3 Å². The molecule has 0 bridgehead atoms. The van der Waals surface area contributed by atoms with Gasteiger partial charge in [-0.1, -0.05) is 24.3 Å². The molecule has 2 aromatic rings. The van der Waals surface area contributed by atoms with Gasteiger partial charge in [-0.05, 0) is 31.2 Å². The number of carbonyl (C=O) groups excluding carboxylic acids is 2. The van der Waals surface area contributed by atoms with Crippen molar-refractivity contribution >= 4 is 23.3 Å². The molecule has 0 saturated carbocycles. The van der Waals surface area contributed by atoms with E-state index in [0.29, 0.717) is 5.69 Å². The Morgan fingerprint density at radius 3 is 2.44 bits per heavy atom. The van der Waals surface area contributed by atoms with Gasteiger partial charge in [0, 0.05) is 12.2 Å².